The average Bonchev–Trinajstić information content (AvgIpc) is 2.38. The molecule has 0 aliphatic carbocycles. The summed E-state index contributed by atoms with van der Waals surface area (Å²) in [4.78, 5) is 23.1. The SMILES string of the molecule is CCCCNC(=O)c1cc(C(=O)OC)ccc1O. The van der Waals surface area contributed by atoms with Gasteiger partial charge in [-0.15, -0.1) is 0 Å². The van der Waals surface area contributed by atoms with Gasteiger partial charge in [-0.1, -0.05) is 13.3 Å². The lowest BCUT2D eigenvalue weighted by Crippen LogP contribution is -2.24. The minimum Gasteiger partial charge on any atom is -0.507 e. The van der Waals surface area contributed by atoms with E-state index >= 15 is 0 Å². The number of carbonyl (C=O) groups is 2. The van der Waals surface area contributed by atoms with Gasteiger partial charge in [-0.05, 0) is 24.6 Å². The second-order valence-corrected chi connectivity index (χ2v) is 3.83. The van der Waals surface area contributed by atoms with Crippen molar-refractivity contribution in [3.05, 3.63) is 29.3 Å². The van der Waals surface area contributed by atoms with Crippen LogP contribution in [0.2, 0.25) is 0 Å². The molecule has 0 saturated heterocycles. The zero-order chi connectivity index (χ0) is 13.5. The molecule has 0 aliphatic rings. The number of hydrogen-bond acceptors (Lipinski definition) is 4. The molecular formula is C13H17NO4. The van der Waals surface area contributed by atoms with Crippen molar-refractivity contribution in [3.63, 3.8) is 0 Å². The molecule has 0 saturated carbocycles. The number of benzene rings is 1. The van der Waals surface area contributed by atoms with Gasteiger partial charge in [-0.2, -0.15) is 0 Å². The smallest absolute Gasteiger partial charge is 0.337 e. The Morgan fingerprint density at radius 1 is 1.39 bits per heavy atom. The average molecular weight is 251 g/mol. The van der Waals surface area contributed by atoms with Gasteiger partial charge in [0.2, 0.25) is 0 Å². The molecule has 0 unspecified atom stereocenters. The second-order valence-electron chi connectivity index (χ2n) is 3.83. The number of phenols is 1. The zero-order valence-corrected chi connectivity index (χ0v) is 10.5. The minimum atomic E-state index is -0.544. The molecule has 0 aliphatic heterocycles. The number of ether oxygens (including phenoxy) is 1. The topological polar surface area (TPSA) is 75.6 Å². The van der Waals surface area contributed by atoms with Crippen molar-refractivity contribution in [2.75, 3.05) is 13.7 Å². The Morgan fingerprint density at radius 2 is 2.11 bits per heavy atom. The van der Waals surface area contributed by atoms with Gasteiger partial charge in [0.05, 0.1) is 18.2 Å². The highest BCUT2D eigenvalue weighted by Gasteiger charge is 2.14. The number of esters is 1. The van der Waals surface area contributed by atoms with E-state index in [2.05, 4.69) is 10.1 Å². The number of rotatable bonds is 5. The van der Waals surface area contributed by atoms with Gasteiger partial charge in [-0.25, -0.2) is 4.79 Å². The first-order chi connectivity index (χ1) is 8.60. The fraction of sp³-hybridized carbons (Fsp3) is 0.385. The Kier molecular flexibility index (Phi) is 5.17. The highest BCUT2D eigenvalue weighted by atomic mass is 16.5. The maximum atomic E-state index is 11.8. The van der Waals surface area contributed by atoms with E-state index < -0.39 is 11.9 Å². The third kappa shape index (κ3) is 3.48. The van der Waals surface area contributed by atoms with E-state index in [0.717, 1.165) is 12.8 Å². The van der Waals surface area contributed by atoms with Crippen molar-refractivity contribution in [3.8, 4) is 5.75 Å². The summed E-state index contributed by atoms with van der Waals surface area (Å²) in [6, 6.07) is 4.04. The lowest BCUT2D eigenvalue weighted by molar-refractivity contribution is 0.0600. The molecule has 2 N–H and O–H groups in total. The third-order valence-electron chi connectivity index (χ3n) is 2.48. The molecule has 0 heterocycles. The highest BCUT2D eigenvalue weighted by molar-refractivity contribution is 6.00. The van der Waals surface area contributed by atoms with Gasteiger partial charge in [0.25, 0.3) is 5.91 Å². The quantitative estimate of drug-likeness (QED) is 0.617. The van der Waals surface area contributed by atoms with Crippen LogP contribution in [0.1, 0.15) is 40.5 Å². The number of hydrogen-bond donors (Lipinski definition) is 2. The Labute approximate surface area is 106 Å². The number of unbranched alkanes of at least 4 members (excludes halogenated alkanes) is 1. The number of methoxy groups -OCH3 is 1. The van der Waals surface area contributed by atoms with E-state index in [9.17, 15) is 14.7 Å². The predicted molar refractivity (Wildman–Crippen MR) is 66.7 cm³/mol. The Bertz CT molecular complexity index is 443. The van der Waals surface area contributed by atoms with E-state index in [1.54, 1.807) is 0 Å². The van der Waals surface area contributed by atoms with Gasteiger partial charge < -0.3 is 15.2 Å². The summed E-state index contributed by atoms with van der Waals surface area (Å²) in [5.41, 5.74) is 0.310. The van der Waals surface area contributed by atoms with E-state index in [-0.39, 0.29) is 16.9 Å². The van der Waals surface area contributed by atoms with Crippen molar-refractivity contribution in [2.45, 2.75) is 19.8 Å². The molecule has 1 rings (SSSR count). The Morgan fingerprint density at radius 3 is 2.72 bits per heavy atom. The Balaban J connectivity index is 2.86. The molecule has 0 aromatic heterocycles. The first-order valence-electron chi connectivity index (χ1n) is 5.79. The number of phenolic OH excluding ortho intramolecular Hbond substituents is 1. The summed E-state index contributed by atoms with van der Waals surface area (Å²) < 4.78 is 4.56. The van der Waals surface area contributed by atoms with Gasteiger partial charge in [-0.3, -0.25) is 4.79 Å². The van der Waals surface area contributed by atoms with Crippen molar-refractivity contribution < 1.29 is 19.4 Å². The molecule has 1 aromatic carbocycles. The van der Waals surface area contributed by atoms with Crippen LogP contribution in [0.5, 0.6) is 5.75 Å². The third-order valence-corrected chi connectivity index (χ3v) is 2.48. The van der Waals surface area contributed by atoms with Crippen molar-refractivity contribution >= 4 is 11.9 Å². The Hall–Kier alpha value is -2.04. The summed E-state index contributed by atoms with van der Waals surface area (Å²) in [5, 5.41) is 12.3. The standard InChI is InChI=1S/C13H17NO4/c1-3-4-7-14-12(16)10-8-9(13(17)18-2)5-6-11(10)15/h5-6,8,15H,3-4,7H2,1-2H3,(H,14,16). The van der Waals surface area contributed by atoms with Gasteiger partial charge in [0, 0.05) is 6.54 Å². The lowest BCUT2D eigenvalue weighted by Gasteiger charge is -2.07. The van der Waals surface area contributed by atoms with Crippen LogP contribution >= 0.6 is 0 Å². The summed E-state index contributed by atoms with van der Waals surface area (Å²) >= 11 is 0. The predicted octanol–water partition coefficient (Wildman–Crippen LogP) is 1.71. The van der Waals surface area contributed by atoms with Crippen LogP contribution in [-0.4, -0.2) is 30.6 Å². The fourth-order valence-electron chi connectivity index (χ4n) is 1.44. The molecule has 0 radical (unpaired) electrons. The first-order valence-corrected chi connectivity index (χ1v) is 5.79. The summed E-state index contributed by atoms with van der Waals surface area (Å²) in [6.45, 7) is 2.55. The summed E-state index contributed by atoms with van der Waals surface area (Å²) in [6.07, 6.45) is 1.83. The van der Waals surface area contributed by atoms with E-state index in [1.165, 1.54) is 25.3 Å². The van der Waals surface area contributed by atoms with E-state index in [4.69, 9.17) is 0 Å². The maximum absolute atomic E-state index is 11.8. The van der Waals surface area contributed by atoms with E-state index in [1.807, 2.05) is 6.92 Å². The van der Waals surface area contributed by atoms with E-state index in [0.29, 0.717) is 6.54 Å². The summed E-state index contributed by atoms with van der Waals surface area (Å²) in [7, 11) is 1.26. The molecule has 1 aromatic rings. The largest absolute Gasteiger partial charge is 0.507 e. The molecule has 98 valence electrons. The molecule has 0 atom stereocenters. The first kappa shape index (κ1) is 14.0. The van der Waals surface area contributed by atoms with Crippen molar-refractivity contribution in [2.24, 2.45) is 0 Å². The molecule has 1 amide bonds. The monoisotopic (exact) mass is 251 g/mol. The van der Waals surface area contributed by atoms with Crippen LogP contribution in [0.15, 0.2) is 18.2 Å². The fourth-order valence-corrected chi connectivity index (χ4v) is 1.44. The minimum absolute atomic E-state index is 0.0778. The maximum Gasteiger partial charge on any atom is 0.337 e. The van der Waals surface area contributed by atoms with Crippen molar-refractivity contribution in [1.82, 2.24) is 5.32 Å². The highest BCUT2D eigenvalue weighted by Crippen LogP contribution is 2.18. The molecular weight excluding hydrogens is 234 g/mol. The number of amides is 1. The molecule has 0 spiro atoms. The van der Waals surface area contributed by atoms with Crippen LogP contribution in [0.3, 0.4) is 0 Å². The summed E-state index contributed by atoms with van der Waals surface area (Å²) in [5.74, 6) is -1.10. The normalized spacial score (nSPS) is 9.89. The van der Waals surface area contributed by atoms with Crippen LogP contribution < -0.4 is 5.32 Å². The molecule has 0 bridgehead atoms. The molecule has 0 fully saturated rings. The molecule has 5 nitrogen and oxygen atoms in total. The van der Waals surface area contributed by atoms with Crippen LogP contribution in [0.4, 0.5) is 0 Å². The van der Waals surface area contributed by atoms with Gasteiger partial charge in [0.1, 0.15) is 5.75 Å². The van der Waals surface area contributed by atoms with Crippen LogP contribution in [0.25, 0.3) is 0 Å². The second kappa shape index (κ2) is 6.64. The van der Waals surface area contributed by atoms with Gasteiger partial charge in [0.15, 0.2) is 0 Å². The molecule has 18 heavy (non-hydrogen) atoms. The van der Waals surface area contributed by atoms with Crippen LogP contribution in [-0.2, 0) is 4.74 Å². The lowest BCUT2D eigenvalue weighted by atomic mass is 10.1. The van der Waals surface area contributed by atoms with Crippen molar-refractivity contribution in [1.29, 1.82) is 0 Å². The number of carbonyl (C=O) groups excluding carboxylic acids is 2. The number of nitrogens with one attached hydrogen (secondary N) is 1. The zero-order valence-electron chi connectivity index (χ0n) is 10.5. The number of aromatic hydroxyl groups is 1. The van der Waals surface area contributed by atoms with Gasteiger partial charge >= 0.3 is 5.97 Å². The van der Waals surface area contributed by atoms with Crippen LogP contribution in [0, 0.1) is 0 Å². The molecule has 5 heteroatoms.